The van der Waals surface area contributed by atoms with E-state index in [1.54, 1.807) is 67.6 Å². The van der Waals surface area contributed by atoms with Gasteiger partial charge in [-0.1, -0.05) is 54.3 Å². The van der Waals surface area contributed by atoms with Crippen molar-refractivity contribution in [2.45, 2.75) is 68.0 Å². The molecule has 3 aromatic carbocycles. The number of benzene rings is 3. The molecule has 4 rings (SSSR count). The number of halogens is 1. The SMILES string of the molecule is CSc1ccc(S(=O)(=O)N(CC(=O)N(Cc2ccc(Cl)cc2)C(C)C(=O)NC2CCCC2)c2ccc(C)cc2)cc1. The topological polar surface area (TPSA) is 86.8 Å². The molecule has 1 aliphatic rings. The monoisotopic (exact) mass is 613 g/mol. The molecule has 0 heterocycles. The molecule has 0 aliphatic heterocycles. The zero-order valence-electron chi connectivity index (χ0n) is 23.5. The van der Waals surface area contributed by atoms with Crippen LogP contribution in [0.25, 0.3) is 0 Å². The van der Waals surface area contributed by atoms with E-state index in [4.69, 9.17) is 11.6 Å². The molecule has 0 bridgehead atoms. The largest absolute Gasteiger partial charge is 0.352 e. The molecule has 2 amide bonds. The molecule has 3 aromatic rings. The van der Waals surface area contributed by atoms with Crippen LogP contribution in [0.4, 0.5) is 5.69 Å². The van der Waals surface area contributed by atoms with Crippen LogP contribution in [0.1, 0.15) is 43.7 Å². The quantitative estimate of drug-likeness (QED) is 0.266. The van der Waals surface area contributed by atoms with Gasteiger partial charge in [-0.3, -0.25) is 13.9 Å². The molecule has 1 fully saturated rings. The van der Waals surface area contributed by atoms with Gasteiger partial charge in [0, 0.05) is 22.5 Å². The predicted molar refractivity (Wildman–Crippen MR) is 166 cm³/mol. The highest BCUT2D eigenvalue weighted by Gasteiger charge is 2.33. The lowest BCUT2D eigenvalue weighted by Gasteiger charge is -2.32. The number of rotatable bonds is 11. The number of aryl methyl sites for hydroxylation is 1. The van der Waals surface area contributed by atoms with Gasteiger partial charge >= 0.3 is 0 Å². The number of carbonyl (C=O) groups excluding carboxylic acids is 2. The molecule has 1 aliphatic carbocycles. The van der Waals surface area contributed by atoms with Crippen molar-refractivity contribution in [3.8, 4) is 0 Å². The van der Waals surface area contributed by atoms with Crippen LogP contribution in [0.2, 0.25) is 5.02 Å². The van der Waals surface area contributed by atoms with E-state index in [9.17, 15) is 18.0 Å². The Morgan fingerprint density at radius 3 is 2.17 bits per heavy atom. The van der Waals surface area contributed by atoms with Crippen molar-refractivity contribution in [2.24, 2.45) is 0 Å². The molecule has 218 valence electrons. The Balaban J connectivity index is 1.67. The van der Waals surface area contributed by atoms with E-state index in [0.29, 0.717) is 10.7 Å². The van der Waals surface area contributed by atoms with Crippen molar-refractivity contribution in [2.75, 3.05) is 17.1 Å². The summed E-state index contributed by atoms with van der Waals surface area (Å²) in [6, 6.07) is 19.9. The fraction of sp³-hybridized carbons (Fsp3) is 0.355. The third-order valence-electron chi connectivity index (χ3n) is 7.38. The van der Waals surface area contributed by atoms with Gasteiger partial charge in [0.15, 0.2) is 0 Å². The summed E-state index contributed by atoms with van der Waals surface area (Å²) < 4.78 is 29.0. The number of nitrogens with one attached hydrogen (secondary N) is 1. The van der Waals surface area contributed by atoms with Gasteiger partial charge in [-0.05, 0) is 87.0 Å². The van der Waals surface area contributed by atoms with E-state index in [-0.39, 0.29) is 23.4 Å². The highest BCUT2D eigenvalue weighted by molar-refractivity contribution is 7.98. The van der Waals surface area contributed by atoms with E-state index >= 15 is 0 Å². The normalized spacial score (nSPS) is 14.4. The molecule has 1 unspecified atom stereocenters. The summed E-state index contributed by atoms with van der Waals surface area (Å²) in [5.74, 6) is -0.740. The zero-order chi connectivity index (χ0) is 29.6. The number of thioether (sulfide) groups is 1. The molecule has 0 spiro atoms. The second-order valence-corrected chi connectivity index (χ2v) is 13.5. The summed E-state index contributed by atoms with van der Waals surface area (Å²) in [6.07, 6.45) is 5.87. The van der Waals surface area contributed by atoms with Crippen LogP contribution in [0, 0.1) is 6.92 Å². The van der Waals surface area contributed by atoms with Crippen LogP contribution in [0.15, 0.2) is 82.6 Å². The molecule has 0 aromatic heterocycles. The number of carbonyl (C=O) groups is 2. The van der Waals surface area contributed by atoms with E-state index in [0.717, 1.165) is 46.0 Å². The van der Waals surface area contributed by atoms with Crippen molar-refractivity contribution >= 4 is 50.9 Å². The van der Waals surface area contributed by atoms with E-state index in [1.807, 2.05) is 25.3 Å². The number of hydrogen-bond donors (Lipinski definition) is 1. The predicted octanol–water partition coefficient (Wildman–Crippen LogP) is 6.04. The molecule has 10 heteroatoms. The lowest BCUT2D eigenvalue weighted by molar-refractivity contribution is -0.139. The van der Waals surface area contributed by atoms with Crippen LogP contribution in [0.5, 0.6) is 0 Å². The minimum atomic E-state index is -4.11. The first-order valence-corrected chi connectivity index (χ1v) is 16.7. The van der Waals surface area contributed by atoms with E-state index in [2.05, 4.69) is 5.32 Å². The molecule has 0 saturated heterocycles. The van der Waals surface area contributed by atoms with Gasteiger partial charge in [0.1, 0.15) is 12.6 Å². The molecular weight excluding hydrogens is 578 g/mol. The molecule has 1 atom stereocenters. The molecule has 1 N–H and O–H groups in total. The fourth-order valence-corrected chi connectivity index (χ4v) is 6.82. The summed E-state index contributed by atoms with van der Waals surface area (Å²) in [4.78, 5) is 29.8. The minimum Gasteiger partial charge on any atom is -0.352 e. The van der Waals surface area contributed by atoms with Crippen molar-refractivity contribution in [3.05, 3.63) is 88.9 Å². The first-order chi connectivity index (χ1) is 19.6. The van der Waals surface area contributed by atoms with Crippen LogP contribution < -0.4 is 9.62 Å². The third kappa shape index (κ3) is 7.84. The Hall–Kier alpha value is -3.01. The van der Waals surface area contributed by atoms with Crippen LogP contribution in [-0.4, -0.2) is 50.0 Å². The Labute approximate surface area is 252 Å². The van der Waals surface area contributed by atoms with Crippen LogP contribution in [0.3, 0.4) is 0 Å². The van der Waals surface area contributed by atoms with Gasteiger partial charge in [-0.2, -0.15) is 0 Å². The van der Waals surface area contributed by atoms with Gasteiger partial charge in [-0.15, -0.1) is 11.8 Å². The van der Waals surface area contributed by atoms with Crippen molar-refractivity contribution in [3.63, 3.8) is 0 Å². The standard InChI is InChI=1S/C31H36ClN3O4S2/c1-22-8-14-27(15-9-22)35(41(38,39)29-18-16-28(40-3)17-19-29)21-30(36)34(20-24-10-12-25(32)13-11-24)23(2)31(37)33-26-6-4-5-7-26/h8-19,23,26H,4-7,20-21H2,1-3H3,(H,33,37). The van der Waals surface area contributed by atoms with Gasteiger partial charge in [-0.25, -0.2) is 8.42 Å². The highest BCUT2D eigenvalue weighted by Crippen LogP contribution is 2.27. The lowest BCUT2D eigenvalue weighted by Crippen LogP contribution is -2.52. The maximum absolute atomic E-state index is 14.0. The minimum absolute atomic E-state index is 0.0833. The first-order valence-electron chi connectivity index (χ1n) is 13.7. The average molecular weight is 614 g/mol. The van der Waals surface area contributed by atoms with Crippen molar-refractivity contribution < 1.29 is 18.0 Å². The summed E-state index contributed by atoms with van der Waals surface area (Å²) in [5.41, 5.74) is 2.11. The first kappa shape index (κ1) is 30.9. The third-order valence-corrected chi connectivity index (χ3v) is 10.2. The summed E-state index contributed by atoms with van der Waals surface area (Å²) >= 11 is 7.59. The number of amides is 2. The maximum atomic E-state index is 14.0. The lowest BCUT2D eigenvalue weighted by atomic mass is 10.1. The summed E-state index contributed by atoms with van der Waals surface area (Å²) in [6.45, 7) is 3.25. The van der Waals surface area contributed by atoms with Crippen molar-refractivity contribution in [1.29, 1.82) is 0 Å². The molecule has 7 nitrogen and oxygen atoms in total. The highest BCUT2D eigenvalue weighted by atomic mass is 35.5. The average Bonchev–Trinajstić information content (AvgIpc) is 3.48. The molecule has 41 heavy (non-hydrogen) atoms. The maximum Gasteiger partial charge on any atom is 0.264 e. The van der Waals surface area contributed by atoms with Gasteiger partial charge in [0.2, 0.25) is 11.8 Å². The zero-order valence-corrected chi connectivity index (χ0v) is 25.9. The Morgan fingerprint density at radius 1 is 0.976 bits per heavy atom. The van der Waals surface area contributed by atoms with Gasteiger partial charge in [0.25, 0.3) is 10.0 Å². The second kappa shape index (κ2) is 13.8. The number of nitrogens with zero attached hydrogens (tertiary/aromatic N) is 2. The Kier molecular flexibility index (Phi) is 10.4. The molecule has 0 radical (unpaired) electrons. The van der Waals surface area contributed by atoms with Crippen LogP contribution in [-0.2, 0) is 26.2 Å². The number of hydrogen-bond acceptors (Lipinski definition) is 5. The second-order valence-electron chi connectivity index (χ2n) is 10.3. The summed E-state index contributed by atoms with van der Waals surface area (Å²) in [5, 5.41) is 3.64. The van der Waals surface area contributed by atoms with E-state index in [1.165, 1.54) is 16.7 Å². The van der Waals surface area contributed by atoms with Gasteiger partial charge in [0.05, 0.1) is 10.6 Å². The molecule has 1 saturated carbocycles. The fourth-order valence-electron chi connectivity index (χ4n) is 4.88. The summed E-state index contributed by atoms with van der Waals surface area (Å²) in [7, 11) is -4.11. The molecular formula is C31H36ClN3O4S2. The number of sulfonamides is 1. The number of anilines is 1. The Bertz CT molecular complexity index is 1440. The van der Waals surface area contributed by atoms with E-state index < -0.39 is 28.5 Å². The van der Waals surface area contributed by atoms with Crippen molar-refractivity contribution in [1.82, 2.24) is 10.2 Å². The van der Waals surface area contributed by atoms with Crippen LogP contribution >= 0.6 is 23.4 Å². The smallest absolute Gasteiger partial charge is 0.264 e. The van der Waals surface area contributed by atoms with Gasteiger partial charge < -0.3 is 10.2 Å². The Morgan fingerprint density at radius 2 is 1.59 bits per heavy atom.